The summed E-state index contributed by atoms with van der Waals surface area (Å²) in [6, 6.07) is 9.83. The van der Waals surface area contributed by atoms with Gasteiger partial charge < -0.3 is 19.5 Å². The first-order valence-corrected chi connectivity index (χ1v) is 9.16. The first kappa shape index (κ1) is 22.9. The van der Waals surface area contributed by atoms with E-state index in [4.69, 9.17) is 16.3 Å². The molecular formula is C21H20ClNO7. The fourth-order valence-electron chi connectivity index (χ4n) is 2.71. The van der Waals surface area contributed by atoms with Crippen molar-refractivity contribution in [2.24, 2.45) is 0 Å². The number of hydrogen-bond donors (Lipinski definition) is 1. The average Bonchev–Trinajstić information content (AvgIpc) is 2.71. The van der Waals surface area contributed by atoms with E-state index in [1.807, 2.05) is 0 Å². The molecule has 8 nitrogen and oxygen atoms in total. The van der Waals surface area contributed by atoms with Gasteiger partial charge in [0.05, 0.1) is 37.8 Å². The van der Waals surface area contributed by atoms with E-state index in [9.17, 15) is 19.2 Å². The van der Waals surface area contributed by atoms with Gasteiger partial charge in [-0.1, -0.05) is 29.8 Å². The van der Waals surface area contributed by atoms with Crippen molar-refractivity contribution in [2.45, 2.75) is 19.4 Å². The predicted molar refractivity (Wildman–Crippen MR) is 107 cm³/mol. The number of esters is 3. The molecule has 0 aliphatic heterocycles. The summed E-state index contributed by atoms with van der Waals surface area (Å²) in [6.07, 6.45) is -0.237. The van der Waals surface area contributed by atoms with Crippen LogP contribution in [-0.2, 0) is 19.1 Å². The highest BCUT2D eigenvalue weighted by Crippen LogP contribution is 2.26. The molecule has 0 saturated heterocycles. The van der Waals surface area contributed by atoms with Crippen LogP contribution in [0, 0.1) is 0 Å². The summed E-state index contributed by atoms with van der Waals surface area (Å²) in [4.78, 5) is 47.8. The Morgan fingerprint density at radius 2 is 1.53 bits per heavy atom. The maximum Gasteiger partial charge on any atom is 0.338 e. The summed E-state index contributed by atoms with van der Waals surface area (Å²) in [6.45, 7) is 1.32. The van der Waals surface area contributed by atoms with Crippen LogP contribution in [0.4, 0.5) is 0 Å². The Balaban J connectivity index is 2.28. The number of amides is 1. The van der Waals surface area contributed by atoms with Crippen LogP contribution >= 0.6 is 11.6 Å². The number of halogens is 1. The van der Waals surface area contributed by atoms with Crippen molar-refractivity contribution < 1.29 is 33.4 Å². The van der Waals surface area contributed by atoms with Crippen LogP contribution < -0.4 is 10.1 Å². The van der Waals surface area contributed by atoms with E-state index in [0.717, 1.165) is 0 Å². The number of hydrogen-bond acceptors (Lipinski definition) is 7. The van der Waals surface area contributed by atoms with Crippen LogP contribution in [0.15, 0.2) is 42.5 Å². The van der Waals surface area contributed by atoms with Gasteiger partial charge in [0.25, 0.3) is 0 Å². The van der Waals surface area contributed by atoms with Crippen LogP contribution in [0.25, 0.3) is 0 Å². The third-order valence-corrected chi connectivity index (χ3v) is 4.35. The molecule has 9 heteroatoms. The van der Waals surface area contributed by atoms with Gasteiger partial charge in [-0.05, 0) is 29.8 Å². The molecule has 0 heterocycles. The van der Waals surface area contributed by atoms with Crippen LogP contribution in [-0.4, -0.2) is 38.0 Å². The van der Waals surface area contributed by atoms with E-state index in [2.05, 4.69) is 14.8 Å². The van der Waals surface area contributed by atoms with Gasteiger partial charge >= 0.3 is 17.9 Å². The van der Waals surface area contributed by atoms with E-state index in [0.29, 0.717) is 10.6 Å². The highest BCUT2D eigenvalue weighted by molar-refractivity contribution is 6.31. The molecule has 1 amide bonds. The van der Waals surface area contributed by atoms with Crippen molar-refractivity contribution in [3.63, 3.8) is 0 Å². The van der Waals surface area contributed by atoms with Crippen molar-refractivity contribution in [1.82, 2.24) is 5.32 Å². The molecule has 0 saturated carbocycles. The molecule has 1 unspecified atom stereocenters. The third kappa shape index (κ3) is 6.05. The second-order valence-corrected chi connectivity index (χ2v) is 6.59. The van der Waals surface area contributed by atoms with Gasteiger partial charge in [-0.2, -0.15) is 0 Å². The monoisotopic (exact) mass is 433 g/mol. The number of nitrogens with one attached hydrogen (secondary N) is 1. The molecule has 1 atom stereocenters. The number of carbonyl (C=O) groups excluding carboxylic acids is 4. The molecule has 0 aliphatic rings. The highest BCUT2D eigenvalue weighted by Gasteiger charge is 2.22. The fourth-order valence-corrected chi connectivity index (χ4v) is 2.98. The summed E-state index contributed by atoms with van der Waals surface area (Å²) < 4.78 is 14.6. The van der Waals surface area contributed by atoms with Gasteiger partial charge in [0, 0.05) is 11.9 Å². The summed E-state index contributed by atoms with van der Waals surface area (Å²) >= 11 is 6.18. The predicted octanol–water partition coefficient (Wildman–Crippen LogP) is 3.09. The van der Waals surface area contributed by atoms with E-state index in [1.54, 1.807) is 24.3 Å². The zero-order chi connectivity index (χ0) is 22.3. The Bertz CT molecular complexity index is 939. The van der Waals surface area contributed by atoms with Crippen molar-refractivity contribution in [1.29, 1.82) is 0 Å². The Kier molecular flexibility index (Phi) is 7.94. The molecule has 0 bridgehead atoms. The van der Waals surface area contributed by atoms with Crippen LogP contribution in [0.3, 0.4) is 0 Å². The fraction of sp³-hybridized carbons (Fsp3) is 0.238. The average molecular weight is 434 g/mol. The third-order valence-electron chi connectivity index (χ3n) is 4.01. The van der Waals surface area contributed by atoms with E-state index < -0.39 is 23.9 Å². The maximum atomic E-state index is 12.5. The maximum absolute atomic E-state index is 12.5. The highest BCUT2D eigenvalue weighted by atomic mass is 35.5. The number of methoxy groups -OCH3 is 2. The first-order valence-electron chi connectivity index (χ1n) is 8.79. The molecule has 2 rings (SSSR count). The quantitative estimate of drug-likeness (QED) is 0.528. The van der Waals surface area contributed by atoms with Gasteiger partial charge in [-0.3, -0.25) is 9.59 Å². The first-order chi connectivity index (χ1) is 14.2. The van der Waals surface area contributed by atoms with Crippen molar-refractivity contribution >= 4 is 35.4 Å². The standard InChI is InChI=1S/C21H20ClNO7/c1-12(24)23-18(16-6-4-5-7-17(16)22)11-19(25)30-15-9-13(20(26)28-2)8-14(10-15)21(27)29-3/h4-10,18H,11H2,1-3H3,(H,23,24). The molecule has 2 aromatic carbocycles. The lowest BCUT2D eigenvalue weighted by Gasteiger charge is -2.19. The number of rotatable bonds is 7. The number of carbonyl (C=O) groups is 4. The Labute approximate surface area is 178 Å². The van der Waals surface area contributed by atoms with E-state index in [1.165, 1.54) is 39.3 Å². The Morgan fingerprint density at radius 3 is 2.03 bits per heavy atom. The SMILES string of the molecule is COC(=O)c1cc(OC(=O)CC(NC(C)=O)c2ccccc2Cl)cc(C(=O)OC)c1. The van der Waals surface area contributed by atoms with Gasteiger partial charge in [0.15, 0.2) is 0 Å². The molecule has 0 aromatic heterocycles. The molecule has 0 radical (unpaired) electrons. The molecule has 2 aromatic rings. The summed E-state index contributed by atoms with van der Waals surface area (Å²) in [5.41, 5.74) is 0.560. The normalized spacial score (nSPS) is 11.2. The van der Waals surface area contributed by atoms with Gasteiger partial charge in [0.2, 0.25) is 5.91 Å². The summed E-state index contributed by atoms with van der Waals surface area (Å²) in [7, 11) is 2.36. The van der Waals surface area contributed by atoms with Gasteiger partial charge in [-0.25, -0.2) is 9.59 Å². The smallest absolute Gasteiger partial charge is 0.338 e. The lowest BCUT2D eigenvalue weighted by molar-refractivity contribution is -0.135. The topological polar surface area (TPSA) is 108 Å². The minimum Gasteiger partial charge on any atom is -0.465 e. The largest absolute Gasteiger partial charge is 0.465 e. The number of benzene rings is 2. The zero-order valence-electron chi connectivity index (χ0n) is 16.6. The van der Waals surface area contributed by atoms with Gasteiger partial charge in [-0.15, -0.1) is 0 Å². The molecule has 1 N–H and O–H groups in total. The second-order valence-electron chi connectivity index (χ2n) is 6.18. The molecule has 158 valence electrons. The van der Waals surface area contributed by atoms with Crippen LogP contribution in [0.5, 0.6) is 5.75 Å². The lowest BCUT2D eigenvalue weighted by Crippen LogP contribution is -2.29. The van der Waals surface area contributed by atoms with Crippen LogP contribution in [0.1, 0.15) is 45.7 Å². The number of ether oxygens (including phenoxy) is 3. The summed E-state index contributed by atoms with van der Waals surface area (Å²) in [5, 5.41) is 3.04. The Hall–Kier alpha value is -3.39. The van der Waals surface area contributed by atoms with Crippen LogP contribution in [0.2, 0.25) is 5.02 Å². The summed E-state index contributed by atoms with van der Waals surface area (Å²) in [5.74, 6) is -2.56. The zero-order valence-corrected chi connectivity index (χ0v) is 17.3. The molecule has 0 aliphatic carbocycles. The Morgan fingerprint density at radius 1 is 0.967 bits per heavy atom. The van der Waals surface area contributed by atoms with Crippen molar-refractivity contribution in [2.75, 3.05) is 14.2 Å². The molecule has 0 fully saturated rings. The minimum absolute atomic E-state index is 0.00714. The van der Waals surface area contributed by atoms with Gasteiger partial charge in [0.1, 0.15) is 5.75 Å². The van der Waals surface area contributed by atoms with E-state index >= 15 is 0 Å². The van der Waals surface area contributed by atoms with E-state index in [-0.39, 0.29) is 29.2 Å². The van der Waals surface area contributed by atoms with Crippen molar-refractivity contribution in [3.05, 3.63) is 64.2 Å². The second kappa shape index (κ2) is 10.4. The molecule has 0 spiro atoms. The lowest BCUT2D eigenvalue weighted by atomic mass is 10.0. The minimum atomic E-state index is -0.729. The molecule has 30 heavy (non-hydrogen) atoms. The molecular weight excluding hydrogens is 414 g/mol. The van der Waals surface area contributed by atoms with Crippen molar-refractivity contribution in [3.8, 4) is 5.75 Å².